The van der Waals surface area contributed by atoms with Crippen molar-refractivity contribution >= 4 is 49.6 Å². The summed E-state index contributed by atoms with van der Waals surface area (Å²) >= 11 is 6.27. The molecule has 2 rings (SSSR count). The molecule has 1 N–H and O–H groups in total. The molecule has 4 nitrogen and oxygen atoms in total. The molecule has 7 heteroatoms. The minimum Gasteiger partial charge on any atom is -0.296 e. The number of carbonyl (C=O) groups excluding carboxylic acids is 1. The smallest absolute Gasteiger partial charge is 0.267 e. The molecule has 0 radical (unpaired) electrons. The Balaban J connectivity index is 2.04. The minimum absolute atomic E-state index is 0.133. The van der Waals surface area contributed by atoms with Gasteiger partial charge in [0.25, 0.3) is 5.91 Å². The molecule has 102 valence electrons. The molecule has 0 aliphatic heterocycles. The van der Waals surface area contributed by atoms with E-state index in [-0.39, 0.29) is 5.91 Å². The van der Waals surface area contributed by atoms with Crippen LogP contribution in [0.15, 0.2) is 9.85 Å². The van der Waals surface area contributed by atoms with Crippen LogP contribution < -0.4 is 5.32 Å². The number of hydrogen-bond donors (Lipinski definition) is 1. The highest BCUT2D eigenvalue weighted by molar-refractivity contribution is 9.11. The largest absolute Gasteiger partial charge is 0.296 e. The van der Waals surface area contributed by atoms with E-state index in [0.717, 1.165) is 20.8 Å². The second-order valence-corrected chi connectivity index (χ2v) is 8.05. The molecule has 0 spiro atoms. The van der Waals surface area contributed by atoms with Crippen LogP contribution in [0.3, 0.4) is 0 Å². The number of hydrogen-bond acceptors (Lipinski definition) is 5. The maximum atomic E-state index is 12.0. The van der Waals surface area contributed by atoms with Crippen LogP contribution in [-0.4, -0.2) is 16.1 Å². The lowest BCUT2D eigenvalue weighted by Gasteiger charge is -1.98. The van der Waals surface area contributed by atoms with Gasteiger partial charge in [0.1, 0.15) is 5.01 Å². The Kier molecular flexibility index (Phi) is 4.70. The molecule has 2 aromatic rings. The third kappa shape index (κ3) is 3.84. The van der Waals surface area contributed by atoms with Crippen LogP contribution in [0.25, 0.3) is 0 Å². The summed E-state index contributed by atoms with van der Waals surface area (Å²) in [6.45, 7) is 6.22. The average Bonchev–Trinajstić information content (AvgIpc) is 2.86. The van der Waals surface area contributed by atoms with Crippen molar-refractivity contribution in [1.29, 1.82) is 0 Å². The zero-order chi connectivity index (χ0) is 14.0. The summed E-state index contributed by atoms with van der Waals surface area (Å²) in [6, 6.07) is 1.86. The SMILES string of the molecule is Cc1cc(C(=O)Nc2nnc(CC(C)C)s2)sc1Br. The molecule has 19 heavy (non-hydrogen) atoms. The average molecular weight is 360 g/mol. The summed E-state index contributed by atoms with van der Waals surface area (Å²) in [5.74, 6) is 0.401. The first-order valence-corrected chi connectivity index (χ1v) is 8.28. The van der Waals surface area contributed by atoms with E-state index in [1.165, 1.54) is 22.7 Å². The number of halogens is 1. The van der Waals surface area contributed by atoms with Crippen molar-refractivity contribution in [2.24, 2.45) is 5.92 Å². The molecule has 0 atom stereocenters. The fourth-order valence-electron chi connectivity index (χ4n) is 1.47. The van der Waals surface area contributed by atoms with Crippen molar-refractivity contribution in [3.05, 3.63) is 25.3 Å². The Bertz CT molecular complexity index is 572. The molecular formula is C12H14BrN3OS2. The van der Waals surface area contributed by atoms with Crippen LogP contribution in [0.4, 0.5) is 5.13 Å². The molecule has 0 aromatic carbocycles. The summed E-state index contributed by atoms with van der Waals surface area (Å²) in [4.78, 5) is 12.7. The number of rotatable bonds is 4. The molecule has 0 aliphatic carbocycles. The highest BCUT2D eigenvalue weighted by Gasteiger charge is 2.14. The molecule has 2 aromatic heterocycles. The Hall–Kier alpha value is -0.790. The van der Waals surface area contributed by atoms with E-state index in [1.807, 2.05) is 13.0 Å². The molecule has 0 aliphatic rings. The zero-order valence-corrected chi connectivity index (χ0v) is 14.1. The number of thiophene rings is 1. The Morgan fingerprint density at radius 3 is 2.74 bits per heavy atom. The van der Waals surface area contributed by atoms with Gasteiger partial charge in [-0.1, -0.05) is 25.2 Å². The van der Waals surface area contributed by atoms with Crippen LogP contribution in [0.2, 0.25) is 0 Å². The molecule has 1 amide bonds. The van der Waals surface area contributed by atoms with Crippen molar-refractivity contribution in [1.82, 2.24) is 10.2 Å². The van der Waals surface area contributed by atoms with Gasteiger partial charge in [0, 0.05) is 6.42 Å². The van der Waals surface area contributed by atoms with Gasteiger partial charge in [-0.05, 0) is 40.4 Å². The third-order valence-corrected chi connectivity index (χ3v) is 5.35. The van der Waals surface area contributed by atoms with Gasteiger partial charge in [-0.25, -0.2) is 0 Å². The summed E-state index contributed by atoms with van der Waals surface area (Å²) in [6.07, 6.45) is 0.886. The first-order valence-electron chi connectivity index (χ1n) is 5.85. The monoisotopic (exact) mass is 359 g/mol. The fraction of sp³-hybridized carbons (Fsp3) is 0.417. The van der Waals surface area contributed by atoms with E-state index in [1.54, 1.807) is 0 Å². The van der Waals surface area contributed by atoms with Crippen LogP contribution in [0.1, 0.15) is 34.1 Å². The number of nitrogens with one attached hydrogen (secondary N) is 1. The van der Waals surface area contributed by atoms with Gasteiger partial charge >= 0.3 is 0 Å². The molecule has 0 unspecified atom stereocenters. The number of amides is 1. The summed E-state index contributed by atoms with van der Waals surface area (Å²) < 4.78 is 0.982. The first-order chi connectivity index (χ1) is 8.95. The number of aromatic nitrogens is 2. The summed E-state index contributed by atoms with van der Waals surface area (Å²) in [7, 11) is 0. The number of carbonyl (C=O) groups is 1. The highest BCUT2D eigenvalue weighted by Crippen LogP contribution is 2.28. The maximum absolute atomic E-state index is 12.0. The third-order valence-electron chi connectivity index (χ3n) is 2.35. The normalized spacial score (nSPS) is 11.0. The lowest BCUT2D eigenvalue weighted by Crippen LogP contribution is -2.09. The molecule has 0 fully saturated rings. The highest BCUT2D eigenvalue weighted by atomic mass is 79.9. The molecule has 2 heterocycles. The van der Waals surface area contributed by atoms with Gasteiger partial charge in [-0.2, -0.15) is 0 Å². The summed E-state index contributed by atoms with van der Waals surface area (Å²) in [5.41, 5.74) is 1.06. The number of nitrogens with zero attached hydrogens (tertiary/aromatic N) is 2. The van der Waals surface area contributed by atoms with Crippen LogP contribution >= 0.6 is 38.6 Å². The summed E-state index contributed by atoms with van der Waals surface area (Å²) in [5, 5.41) is 12.4. The van der Waals surface area contributed by atoms with Crippen molar-refractivity contribution in [2.45, 2.75) is 27.2 Å². The van der Waals surface area contributed by atoms with E-state index in [0.29, 0.717) is 15.9 Å². The number of aryl methyl sites for hydroxylation is 1. The van der Waals surface area contributed by atoms with E-state index < -0.39 is 0 Å². The van der Waals surface area contributed by atoms with Crippen molar-refractivity contribution < 1.29 is 4.79 Å². The van der Waals surface area contributed by atoms with E-state index in [9.17, 15) is 4.79 Å². The molecule has 0 saturated carbocycles. The Morgan fingerprint density at radius 1 is 1.42 bits per heavy atom. The standard InChI is InChI=1S/C12H14BrN3OS2/c1-6(2)4-9-15-16-12(19-9)14-11(17)8-5-7(3)10(13)18-8/h5-6H,4H2,1-3H3,(H,14,16,17). The van der Waals surface area contributed by atoms with Crippen LogP contribution in [0, 0.1) is 12.8 Å². The van der Waals surface area contributed by atoms with Gasteiger partial charge < -0.3 is 0 Å². The quantitative estimate of drug-likeness (QED) is 0.892. The van der Waals surface area contributed by atoms with Gasteiger partial charge in [0.05, 0.1) is 8.66 Å². The molecule has 0 bridgehead atoms. The van der Waals surface area contributed by atoms with Gasteiger partial charge in [0.15, 0.2) is 0 Å². The van der Waals surface area contributed by atoms with E-state index in [4.69, 9.17) is 0 Å². The first kappa shape index (κ1) is 14.6. The number of anilines is 1. The predicted molar refractivity (Wildman–Crippen MR) is 83.2 cm³/mol. The zero-order valence-electron chi connectivity index (χ0n) is 10.9. The van der Waals surface area contributed by atoms with E-state index in [2.05, 4.69) is 45.3 Å². The van der Waals surface area contributed by atoms with Crippen molar-refractivity contribution in [3.63, 3.8) is 0 Å². The van der Waals surface area contributed by atoms with Gasteiger partial charge in [-0.15, -0.1) is 21.5 Å². The lowest BCUT2D eigenvalue weighted by molar-refractivity contribution is 0.103. The topological polar surface area (TPSA) is 54.9 Å². The van der Waals surface area contributed by atoms with Gasteiger partial charge in [0.2, 0.25) is 5.13 Å². The Labute approximate surface area is 128 Å². The Morgan fingerprint density at radius 2 is 2.16 bits per heavy atom. The lowest BCUT2D eigenvalue weighted by atomic mass is 10.1. The second kappa shape index (κ2) is 6.11. The van der Waals surface area contributed by atoms with Crippen LogP contribution in [-0.2, 0) is 6.42 Å². The van der Waals surface area contributed by atoms with Crippen molar-refractivity contribution in [3.8, 4) is 0 Å². The van der Waals surface area contributed by atoms with Gasteiger partial charge in [-0.3, -0.25) is 10.1 Å². The van der Waals surface area contributed by atoms with E-state index >= 15 is 0 Å². The molecule has 0 saturated heterocycles. The maximum Gasteiger partial charge on any atom is 0.267 e. The fourth-order valence-corrected chi connectivity index (χ4v) is 3.84. The molecular weight excluding hydrogens is 346 g/mol. The predicted octanol–water partition coefficient (Wildman–Crippen LogP) is 4.12. The van der Waals surface area contributed by atoms with Crippen LogP contribution in [0.5, 0.6) is 0 Å². The minimum atomic E-state index is -0.133. The second-order valence-electron chi connectivity index (χ2n) is 4.62. The van der Waals surface area contributed by atoms with Crippen molar-refractivity contribution in [2.75, 3.05) is 5.32 Å².